The summed E-state index contributed by atoms with van der Waals surface area (Å²) in [5.74, 6) is 0. The van der Waals surface area contributed by atoms with Crippen molar-refractivity contribution in [3.05, 3.63) is 35.9 Å². The van der Waals surface area contributed by atoms with Gasteiger partial charge in [-0.05, 0) is 31.7 Å². The van der Waals surface area contributed by atoms with E-state index in [2.05, 4.69) is 12.1 Å². The van der Waals surface area contributed by atoms with Crippen molar-refractivity contribution in [1.29, 1.82) is 0 Å². The van der Waals surface area contributed by atoms with Gasteiger partial charge < -0.3 is 0 Å². The molecule has 0 aliphatic rings. The third-order valence-corrected chi connectivity index (χ3v) is 2.94. The second-order valence-corrected chi connectivity index (χ2v) is 5.59. The molecule has 1 aromatic rings. The van der Waals surface area contributed by atoms with Crippen LogP contribution in [0.25, 0.3) is 0 Å². The number of benzene rings is 1. The molecule has 0 unspecified atom stereocenters. The average Bonchev–Trinajstić information content (AvgIpc) is 2.16. The van der Waals surface area contributed by atoms with Crippen LogP contribution < -0.4 is 0 Å². The molecule has 4 heteroatoms. The highest BCUT2D eigenvalue weighted by atomic mass is 32.2. The maximum Gasteiger partial charge on any atom is 0.264 e. The van der Waals surface area contributed by atoms with E-state index in [1.807, 2.05) is 18.2 Å². The summed E-state index contributed by atoms with van der Waals surface area (Å²) in [6, 6.07) is 10.1. The summed E-state index contributed by atoms with van der Waals surface area (Å²) in [5, 5.41) is 0. The molecule has 90 valence electrons. The largest absolute Gasteiger partial charge is 0.267 e. The van der Waals surface area contributed by atoms with Crippen LogP contribution in [0.4, 0.5) is 0 Å². The summed E-state index contributed by atoms with van der Waals surface area (Å²) in [6.45, 7) is 1.78. The molecule has 1 atom stereocenters. The van der Waals surface area contributed by atoms with E-state index in [1.54, 1.807) is 6.92 Å². The van der Waals surface area contributed by atoms with Crippen molar-refractivity contribution in [2.45, 2.75) is 32.3 Å². The minimum Gasteiger partial charge on any atom is -0.267 e. The van der Waals surface area contributed by atoms with Gasteiger partial charge in [0.05, 0.1) is 12.4 Å². The number of hydrogen-bond acceptors (Lipinski definition) is 3. The second kappa shape index (κ2) is 6.01. The fourth-order valence-corrected chi connectivity index (χ4v) is 2.28. The topological polar surface area (TPSA) is 43.4 Å². The fraction of sp³-hybridized carbons (Fsp3) is 0.500. The van der Waals surface area contributed by atoms with Crippen LogP contribution in [-0.4, -0.2) is 20.8 Å². The van der Waals surface area contributed by atoms with Crippen molar-refractivity contribution in [1.82, 2.24) is 0 Å². The second-order valence-electron chi connectivity index (χ2n) is 3.99. The third kappa shape index (κ3) is 5.88. The zero-order valence-corrected chi connectivity index (χ0v) is 10.5. The van der Waals surface area contributed by atoms with E-state index in [0.717, 1.165) is 25.5 Å². The van der Waals surface area contributed by atoms with Crippen LogP contribution in [0.15, 0.2) is 30.3 Å². The first-order valence-electron chi connectivity index (χ1n) is 5.39. The van der Waals surface area contributed by atoms with Gasteiger partial charge in [0.25, 0.3) is 10.1 Å². The third-order valence-electron chi connectivity index (χ3n) is 2.26. The van der Waals surface area contributed by atoms with Gasteiger partial charge in [-0.15, -0.1) is 0 Å². The van der Waals surface area contributed by atoms with Crippen LogP contribution in [0, 0.1) is 0 Å². The SMILES string of the molecule is C[C@H](CCCc1ccccc1)OS(C)(=O)=O. The average molecular weight is 242 g/mol. The molecule has 16 heavy (non-hydrogen) atoms. The summed E-state index contributed by atoms with van der Waals surface area (Å²) in [5.41, 5.74) is 1.27. The molecule has 1 rings (SSSR count). The summed E-state index contributed by atoms with van der Waals surface area (Å²) in [6.07, 6.45) is 3.49. The Kier molecular flexibility index (Phi) is 4.96. The van der Waals surface area contributed by atoms with Crippen LogP contribution >= 0.6 is 0 Å². The summed E-state index contributed by atoms with van der Waals surface area (Å²) in [4.78, 5) is 0. The lowest BCUT2D eigenvalue weighted by atomic mass is 10.1. The Morgan fingerprint density at radius 1 is 1.25 bits per heavy atom. The molecule has 0 aliphatic heterocycles. The molecule has 3 nitrogen and oxygen atoms in total. The Balaban J connectivity index is 2.26. The van der Waals surface area contributed by atoms with E-state index in [-0.39, 0.29) is 6.10 Å². The first kappa shape index (κ1) is 13.2. The summed E-state index contributed by atoms with van der Waals surface area (Å²) < 4.78 is 26.6. The standard InChI is InChI=1S/C12H18O3S/c1-11(15-16(2,13)14)7-6-10-12-8-4-3-5-9-12/h3-5,8-9,11H,6-7,10H2,1-2H3/t11-/m1/s1. The van der Waals surface area contributed by atoms with E-state index in [1.165, 1.54) is 5.56 Å². The highest BCUT2D eigenvalue weighted by Crippen LogP contribution is 2.09. The molecular formula is C12H18O3S. The maximum absolute atomic E-state index is 10.9. The van der Waals surface area contributed by atoms with Crippen LogP contribution in [0.3, 0.4) is 0 Å². The Morgan fingerprint density at radius 2 is 1.88 bits per heavy atom. The molecule has 0 aliphatic carbocycles. The summed E-state index contributed by atoms with van der Waals surface area (Å²) in [7, 11) is -3.32. The first-order chi connectivity index (χ1) is 7.47. The first-order valence-corrected chi connectivity index (χ1v) is 7.21. The molecule has 0 N–H and O–H groups in total. The quantitative estimate of drug-likeness (QED) is 0.719. The van der Waals surface area contributed by atoms with Crippen molar-refractivity contribution >= 4 is 10.1 Å². The molecule has 0 bridgehead atoms. The monoisotopic (exact) mass is 242 g/mol. The molecule has 0 spiro atoms. The summed E-state index contributed by atoms with van der Waals surface area (Å²) >= 11 is 0. The number of rotatable bonds is 6. The predicted octanol–water partition coefficient (Wildman–Crippen LogP) is 2.37. The maximum atomic E-state index is 10.9. The number of aryl methyl sites for hydroxylation is 1. The van der Waals surface area contributed by atoms with Gasteiger partial charge in [0, 0.05) is 0 Å². The zero-order chi connectivity index (χ0) is 12.0. The van der Waals surface area contributed by atoms with Gasteiger partial charge in [-0.3, -0.25) is 4.18 Å². The number of hydrogen-bond donors (Lipinski definition) is 0. The Bertz CT molecular complexity index is 398. The predicted molar refractivity (Wildman–Crippen MR) is 64.8 cm³/mol. The fourth-order valence-electron chi connectivity index (χ4n) is 1.58. The molecule has 0 amide bonds. The lowest BCUT2D eigenvalue weighted by Crippen LogP contribution is -2.14. The van der Waals surface area contributed by atoms with Crippen molar-refractivity contribution in [2.75, 3.05) is 6.26 Å². The van der Waals surface area contributed by atoms with E-state index in [9.17, 15) is 8.42 Å². The Hall–Kier alpha value is -0.870. The van der Waals surface area contributed by atoms with Crippen molar-refractivity contribution < 1.29 is 12.6 Å². The van der Waals surface area contributed by atoms with Crippen LogP contribution in [0.5, 0.6) is 0 Å². The molecule has 0 heterocycles. The zero-order valence-electron chi connectivity index (χ0n) is 9.72. The van der Waals surface area contributed by atoms with Gasteiger partial charge in [-0.2, -0.15) is 8.42 Å². The van der Waals surface area contributed by atoms with Gasteiger partial charge in [0.2, 0.25) is 0 Å². The Morgan fingerprint density at radius 3 is 2.44 bits per heavy atom. The van der Waals surface area contributed by atoms with Crippen LogP contribution in [0.1, 0.15) is 25.3 Å². The van der Waals surface area contributed by atoms with E-state index in [4.69, 9.17) is 4.18 Å². The highest BCUT2D eigenvalue weighted by molar-refractivity contribution is 7.86. The van der Waals surface area contributed by atoms with Crippen molar-refractivity contribution in [2.24, 2.45) is 0 Å². The van der Waals surface area contributed by atoms with Gasteiger partial charge >= 0.3 is 0 Å². The lowest BCUT2D eigenvalue weighted by Gasteiger charge is -2.10. The van der Waals surface area contributed by atoms with Gasteiger partial charge in [-0.25, -0.2) is 0 Å². The minimum absolute atomic E-state index is 0.237. The molecular weight excluding hydrogens is 224 g/mol. The molecule has 0 radical (unpaired) electrons. The highest BCUT2D eigenvalue weighted by Gasteiger charge is 2.09. The van der Waals surface area contributed by atoms with Crippen LogP contribution in [0.2, 0.25) is 0 Å². The van der Waals surface area contributed by atoms with Crippen LogP contribution in [-0.2, 0) is 20.7 Å². The van der Waals surface area contributed by atoms with Gasteiger partial charge in [-0.1, -0.05) is 30.3 Å². The van der Waals surface area contributed by atoms with Gasteiger partial charge in [0.1, 0.15) is 0 Å². The molecule has 0 aromatic heterocycles. The smallest absolute Gasteiger partial charge is 0.264 e. The van der Waals surface area contributed by atoms with Crippen molar-refractivity contribution in [3.63, 3.8) is 0 Å². The molecule has 0 saturated heterocycles. The van der Waals surface area contributed by atoms with E-state index >= 15 is 0 Å². The van der Waals surface area contributed by atoms with E-state index < -0.39 is 10.1 Å². The van der Waals surface area contributed by atoms with E-state index in [0.29, 0.717) is 0 Å². The Labute approximate surface area is 97.6 Å². The molecule has 1 aromatic carbocycles. The normalized spacial score (nSPS) is 13.6. The minimum atomic E-state index is -3.32. The molecule has 0 fully saturated rings. The van der Waals surface area contributed by atoms with Crippen molar-refractivity contribution in [3.8, 4) is 0 Å². The lowest BCUT2D eigenvalue weighted by molar-refractivity contribution is 0.217. The van der Waals surface area contributed by atoms with Gasteiger partial charge in [0.15, 0.2) is 0 Å². The molecule has 0 saturated carbocycles.